The van der Waals surface area contributed by atoms with Crippen LogP contribution >= 0.6 is 15.6 Å². The Balaban J connectivity index is 1.96. The predicted molar refractivity (Wildman–Crippen MR) is 72.2 cm³/mol. The van der Waals surface area contributed by atoms with E-state index in [-0.39, 0.29) is 12.3 Å². The maximum absolute atomic E-state index is 11.3. The Morgan fingerprint density at radius 3 is 2.67 bits per heavy atom. The molecule has 2 rings (SSSR count). The molecule has 1 saturated heterocycles. The van der Waals surface area contributed by atoms with Crippen LogP contribution in [-0.2, 0) is 22.7 Å². The van der Waals surface area contributed by atoms with Crippen molar-refractivity contribution in [2.24, 2.45) is 5.73 Å². The lowest BCUT2D eigenvalue weighted by molar-refractivity contribution is 0.00106. The normalized spacial score (nSPS) is 27.1. The Morgan fingerprint density at radius 1 is 1.46 bits per heavy atom. The second kappa shape index (κ2) is 6.96. The fourth-order valence-electron chi connectivity index (χ4n) is 1.89. The maximum atomic E-state index is 11.3. The fraction of sp³-hybridized carbons (Fsp3) is 0.625. The molecule has 0 aromatic carbocycles. The van der Waals surface area contributed by atoms with Crippen molar-refractivity contribution >= 4 is 21.6 Å². The maximum Gasteiger partial charge on any atom is 0.481 e. The minimum absolute atomic E-state index is 0.114. The number of carbonyl (C=O) groups excluding carboxylic acids is 1. The van der Waals surface area contributed by atoms with E-state index in [4.69, 9.17) is 25.2 Å². The van der Waals surface area contributed by atoms with Crippen molar-refractivity contribution in [3.8, 4) is 0 Å². The molecule has 1 amide bonds. The Hall–Kier alpha value is -1.21. The van der Waals surface area contributed by atoms with Crippen LogP contribution in [0.25, 0.3) is 0 Å². The van der Waals surface area contributed by atoms with Gasteiger partial charge in [-0.05, 0) is 0 Å². The average Bonchev–Trinajstić information content (AvgIpc) is 3.00. The van der Waals surface area contributed by atoms with Gasteiger partial charge in [0, 0.05) is 0 Å². The summed E-state index contributed by atoms with van der Waals surface area (Å²) >= 11 is 0. The number of amides is 1. The number of phosphoric acid groups is 2. The molecule has 0 radical (unpaired) electrons. The number of hydrogen-bond donors (Lipinski definition) is 5. The first-order valence-electron chi connectivity index (χ1n) is 6.24. The SMILES string of the molecule is NC(=O)c1cnn([C@H]2CO[C@H](COP(=O)(O)OP(=O)(O)O)[C@H]2O)n1. The van der Waals surface area contributed by atoms with Crippen molar-refractivity contribution in [3.05, 3.63) is 11.9 Å². The molecule has 1 unspecified atom stereocenters. The molecular weight excluding hydrogens is 374 g/mol. The Labute approximate surface area is 134 Å². The lowest BCUT2D eigenvalue weighted by atomic mass is 10.1. The molecule has 6 N–H and O–H groups in total. The smallest absolute Gasteiger partial charge is 0.388 e. The summed E-state index contributed by atoms with van der Waals surface area (Å²) < 4.78 is 35.0. The predicted octanol–water partition coefficient (Wildman–Crippen LogP) is -2.10. The zero-order chi connectivity index (χ0) is 18.1. The Morgan fingerprint density at radius 2 is 2.12 bits per heavy atom. The van der Waals surface area contributed by atoms with E-state index >= 15 is 0 Å². The molecule has 0 spiro atoms. The third kappa shape index (κ3) is 4.89. The summed E-state index contributed by atoms with van der Waals surface area (Å²) in [5.41, 5.74) is 4.90. The van der Waals surface area contributed by atoms with E-state index in [1.165, 1.54) is 0 Å². The molecule has 14 nitrogen and oxygen atoms in total. The van der Waals surface area contributed by atoms with Crippen LogP contribution in [0.15, 0.2) is 6.20 Å². The van der Waals surface area contributed by atoms with Crippen molar-refractivity contribution in [2.45, 2.75) is 18.2 Å². The molecule has 136 valence electrons. The number of nitrogens with zero attached hydrogens (tertiary/aromatic N) is 3. The standard InChI is InChI=1S/C8H14N4O10P2/c9-8(14)4-1-10-12(11-4)5-2-20-6(7(5)13)3-21-24(18,19)22-23(15,16)17/h1,5-7,13H,2-3H2,(H2,9,14)(H,18,19)(H2,15,16,17)/t5-,6+,7-/m0/s1. The van der Waals surface area contributed by atoms with E-state index in [1.54, 1.807) is 0 Å². The Kier molecular flexibility index (Phi) is 5.54. The molecule has 1 aliphatic heterocycles. The number of ether oxygens (including phenoxy) is 1. The number of aliphatic hydroxyl groups is 1. The quantitative estimate of drug-likeness (QED) is 0.317. The number of aromatic nitrogens is 3. The number of nitrogens with two attached hydrogens (primary N) is 1. The van der Waals surface area contributed by atoms with Crippen molar-refractivity contribution in [3.63, 3.8) is 0 Å². The molecule has 1 aromatic rings. The van der Waals surface area contributed by atoms with Gasteiger partial charge in [0.15, 0.2) is 5.69 Å². The summed E-state index contributed by atoms with van der Waals surface area (Å²) in [6, 6.07) is -0.826. The van der Waals surface area contributed by atoms with Gasteiger partial charge >= 0.3 is 15.6 Å². The van der Waals surface area contributed by atoms with Crippen molar-refractivity contribution in [1.29, 1.82) is 0 Å². The topological polar surface area (TPSA) is 217 Å². The molecule has 0 saturated carbocycles. The first-order chi connectivity index (χ1) is 11.0. The molecule has 24 heavy (non-hydrogen) atoms. The second-order valence-electron chi connectivity index (χ2n) is 4.68. The summed E-state index contributed by atoms with van der Waals surface area (Å²) in [6.45, 7) is -0.813. The summed E-state index contributed by atoms with van der Waals surface area (Å²) in [5, 5.41) is 17.6. The molecule has 16 heteroatoms. The van der Waals surface area contributed by atoms with Crippen LogP contribution in [0.1, 0.15) is 16.5 Å². The minimum Gasteiger partial charge on any atom is -0.388 e. The molecule has 4 atom stereocenters. The molecule has 0 bridgehead atoms. The van der Waals surface area contributed by atoms with E-state index in [0.29, 0.717) is 0 Å². The molecule has 0 aliphatic carbocycles. The number of rotatable bonds is 7. The largest absolute Gasteiger partial charge is 0.481 e. The van der Waals surface area contributed by atoms with Gasteiger partial charge in [0.2, 0.25) is 0 Å². The zero-order valence-electron chi connectivity index (χ0n) is 11.8. The summed E-state index contributed by atoms with van der Waals surface area (Å²) in [5.74, 6) is -0.814. The van der Waals surface area contributed by atoms with Crippen LogP contribution < -0.4 is 5.73 Å². The first-order valence-corrected chi connectivity index (χ1v) is 9.26. The Bertz CT molecular complexity index is 703. The number of hydrogen-bond acceptors (Lipinski definition) is 9. The van der Waals surface area contributed by atoms with Crippen molar-refractivity contribution < 1.29 is 47.3 Å². The van der Waals surface area contributed by atoms with Gasteiger partial charge in [-0.15, -0.1) is 5.10 Å². The van der Waals surface area contributed by atoms with Gasteiger partial charge in [-0.25, -0.2) is 9.13 Å². The van der Waals surface area contributed by atoms with Gasteiger partial charge in [-0.2, -0.15) is 14.2 Å². The van der Waals surface area contributed by atoms with Gasteiger partial charge < -0.3 is 30.3 Å². The number of phosphoric ester groups is 1. The van der Waals surface area contributed by atoms with Gasteiger partial charge in [-0.1, -0.05) is 0 Å². The number of aliphatic hydroxyl groups excluding tert-OH is 1. The van der Waals surface area contributed by atoms with Crippen LogP contribution in [-0.4, -0.2) is 66.1 Å². The summed E-state index contributed by atoms with van der Waals surface area (Å²) in [6.07, 6.45) is -1.33. The highest BCUT2D eigenvalue weighted by Gasteiger charge is 2.41. The highest BCUT2D eigenvalue weighted by Crippen LogP contribution is 2.57. The van der Waals surface area contributed by atoms with Gasteiger partial charge in [-0.3, -0.25) is 9.32 Å². The van der Waals surface area contributed by atoms with E-state index < -0.39 is 46.4 Å². The molecule has 2 heterocycles. The monoisotopic (exact) mass is 388 g/mol. The van der Waals surface area contributed by atoms with Crippen molar-refractivity contribution in [2.75, 3.05) is 13.2 Å². The molecule has 1 aromatic heterocycles. The lowest BCUT2D eigenvalue weighted by Gasteiger charge is -2.18. The fourth-order valence-corrected chi connectivity index (χ4v) is 3.49. The average molecular weight is 388 g/mol. The highest BCUT2D eigenvalue weighted by atomic mass is 31.3. The lowest BCUT2D eigenvalue weighted by Crippen LogP contribution is -2.32. The van der Waals surface area contributed by atoms with Crippen LogP contribution in [0.3, 0.4) is 0 Å². The van der Waals surface area contributed by atoms with Crippen molar-refractivity contribution in [1.82, 2.24) is 15.0 Å². The first kappa shape index (κ1) is 19.1. The van der Waals surface area contributed by atoms with Crippen LogP contribution in [0.4, 0.5) is 0 Å². The van der Waals surface area contributed by atoms with Crippen LogP contribution in [0.5, 0.6) is 0 Å². The van der Waals surface area contributed by atoms with Gasteiger partial charge in [0.1, 0.15) is 18.2 Å². The van der Waals surface area contributed by atoms with Crippen LogP contribution in [0.2, 0.25) is 0 Å². The number of carbonyl (C=O) groups is 1. The van der Waals surface area contributed by atoms with Crippen LogP contribution in [0, 0.1) is 0 Å². The molecule has 1 aliphatic rings. The van der Waals surface area contributed by atoms with E-state index in [1.807, 2.05) is 0 Å². The zero-order valence-corrected chi connectivity index (χ0v) is 13.6. The number of primary amides is 1. The van der Waals surface area contributed by atoms with E-state index in [0.717, 1.165) is 11.0 Å². The molecular formula is C8H14N4O10P2. The third-order valence-corrected chi connectivity index (χ3v) is 5.08. The van der Waals surface area contributed by atoms with E-state index in [2.05, 4.69) is 19.0 Å². The van der Waals surface area contributed by atoms with Gasteiger partial charge in [0.25, 0.3) is 5.91 Å². The minimum atomic E-state index is -5.24. The van der Waals surface area contributed by atoms with E-state index in [9.17, 15) is 19.0 Å². The third-order valence-electron chi connectivity index (χ3n) is 2.93. The van der Waals surface area contributed by atoms with Gasteiger partial charge in [0.05, 0.1) is 19.4 Å². The highest BCUT2D eigenvalue weighted by molar-refractivity contribution is 7.60. The summed E-state index contributed by atoms with van der Waals surface area (Å²) in [7, 11) is -10.3. The summed E-state index contributed by atoms with van der Waals surface area (Å²) in [4.78, 5) is 38.0. The second-order valence-corrected chi connectivity index (χ2v) is 7.51. The molecule has 1 fully saturated rings.